The van der Waals surface area contributed by atoms with E-state index in [-0.39, 0.29) is 5.91 Å². The van der Waals surface area contributed by atoms with E-state index in [0.717, 1.165) is 18.2 Å². The third kappa shape index (κ3) is 6.33. The van der Waals surface area contributed by atoms with E-state index in [1.807, 2.05) is 30.3 Å². The van der Waals surface area contributed by atoms with Gasteiger partial charge in [0.2, 0.25) is 0 Å². The molecule has 4 heteroatoms. The molecule has 4 nitrogen and oxygen atoms in total. The van der Waals surface area contributed by atoms with Crippen LogP contribution in [0.15, 0.2) is 48.5 Å². The molecule has 0 saturated carbocycles. The molecule has 1 heterocycles. The number of nitrogens with zero attached hydrogens (tertiary/aromatic N) is 1. The zero-order valence-electron chi connectivity index (χ0n) is 18.0. The van der Waals surface area contributed by atoms with Crippen LogP contribution >= 0.6 is 0 Å². The van der Waals surface area contributed by atoms with E-state index in [1.165, 1.54) is 37.1 Å². The maximum absolute atomic E-state index is 12.4. The highest BCUT2D eigenvalue weighted by atomic mass is 16.5. The fraction of sp³-hybridized carbons (Fsp3) is 0.480. The third-order valence-electron chi connectivity index (χ3n) is 5.55. The summed E-state index contributed by atoms with van der Waals surface area (Å²) >= 11 is 0. The molecule has 0 unspecified atom stereocenters. The van der Waals surface area contributed by atoms with Crippen LogP contribution in [-0.4, -0.2) is 37.0 Å². The quantitative estimate of drug-likeness (QED) is 0.651. The number of hydrogen-bond donors (Lipinski definition) is 1. The van der Waals surface area contributed by atoms with Crippen LogP contribution in [0.25, 0.3) is 0 Å². The monoisotopic (exact) mass is 394 g/mol. The lowest BCUT2D eigenvalue weighted by atomic mass is 9.99. The van der Waals surface area contributed by atoms with Gasteiger partial charge >= 0.3 is 0 Å². The van der Waals surface area contributed by atoms with Gasteiger partial charge in [-0.25, -0.2) is 0 Å². The van der Waals surface area contributed by atoms with Crippen LogP contribution in [0.4, 0.5) is 0 Å². The van der Waals surface area contributed by atoms with Gasteiger partial charge in [-0.1, -0.05) is 51.1 Å². The highest BCUT2D eigenvalue weighted by Crippen LogP contribution is 2.25. The second-order valence-electron chi connectivity index (χ2n) is 8.48. The topological polar surface area (TPSA) is 41.6 Å². The number of hydrogen-bond acceptors (Lipinski definition) is 3. The van der Waals surface area contributed by atoms with E-state index in [0.29, 0.717) is 24.6 Å². The van der Waals surface area contributed by atoms with Gasteiger partial charge in [0.1, 0.15) is 12.4 Å². The standard InChI is InChI=1S/C25H34N2O2/c1-19(2)23-8-4-5-9-24(23)29-16-14-26-25(28)22-12-10-21(11-13-22)18-27-15-6-7-20(3)17-27/h4-5,8-13,19-20H,6-7,14-18H2,1-3H3,(H,26,28)/t20-/m1/s1. The van der Waals surface area contributed by atoms with Gasteiger partial charge in [0, 0.05) is 18.7 Å². The van der Waals surface area contributed by atoms with Crippen LogP contribution in [0, 0.1) is 5.92 Å². The largest absolute Gasteiger partial charge is 0.491 e. The molecule has 3 rings (SSSR count). The van der Waals surface area contributed by atoms with Gasteiger partial charge in [0.25, 0.3) is 5.91 Å². The Bertz CT molecular complexity index is 786. The average Bonchev–Trinajstić information content (AvgIpc) is 2.72. The summed E-state index contributed by atoms with van der Waals surface area (Å²) in [5.74, 6) is 2.04. The zero-order chi connectivity index (χ0) is 20.6. The molecule has 1 atom stereocenters. The molecule has 0 aliphatic carbocycles. The number of carbonyl (C=O) groups excluding carboxylic acids is 1. The van der Waals surface area contributed by atoms with Gasteiger partial charge in [0.05, 0.1) is 6.54 Å². The molecule has 0 bridgehead atoms. The van der Waals surface area contributed by atoms with Crippen LogP contribution < -0.4 is 10.1 Å². The smallest absolute Gasteiger partial charge is 0.251 e. The highest BCUT2D eigenvalue weighted by molar-refractivity contribution is 5.94. The summed E-state index contributed by atoms with van der Waals surface area (Å²) in [7, 11) is 0. The predicted molar refractivity (Wildman–Crippen MR) is 118 cm³/mol. The number of likely N-dealkylation sites (tertiary alicyclic amines) is 1. The van der Waals surface area contributed by atoms with Gasteiger partial charge in [-0.15, -0.1) is 0 Å². The van der Waals surface area contributed by atoms with Crippen molar-refractivity contribution in [3.8, 4) is 5.75 Å². The maximum Gasteiger partial charge on any atom is 0.251 e. The van der Waals surface area contributed by atoms with E-state index in [4.69, 9.17) is 4.74 Å². The van der Waals surface area contributed by atoms with Crippen molar-refractivity contribution in [3.05, 3.63) is 65.2 Å². The SMILES string of the molecule is CC(C)c1ccccc1OCCNC(=O)c1ccc(CN2CCC[C@@H](C)C2)cc1. The third-order valence-corrected chi connectivity index (χ3v) is 5.55. The van der Waals surface area contributed by atoms with Crippen LogP contribution in [0.1, 0.15) is 61.0 Å². The molecule has 1 aliphatic heterocycles. The Morgan fingerprint density at radius 3 is 2.66 bits per heavy atom. The van der Waals surface area contributed by atoms with Gasteiger partial charge in [-0.05, 0) is 60.5 Å². The van der Waals surface area contributed by atoms with Crippen molar-refractivity contribution in [2.45, 2.75) is 46.1 Å². The van der Waals surface area contributed by atoms with Crippen LogP contribution in [-0.2, 0) is 6.54 Å². The van der Waals surface area contributed by atoms with Gasteiger partial charge in [-0.2, -0.15) is 0 Å². The Balaban J connectivity index is 1.44. The van der Waals surface area contributed by atoms with Crippen molar-refractivity contribution in [1.29, 1.82) is 0 Å². The number of rotatable bonds is 8. The summed E-state index contributed by atoms with van der Waals surface area (Å²) in [5.41, 5.74) is 3.16. The molecule has 1 fully saturated rings. The summed E-state index contributed by atoms with van der Waals surface area (Å²) in [6.07, 6.45) is 2.62. The summed E-state index contributed by atoms with van der Waals surface area (Å²) in [6.45, 7) is 10.9. The lowest BCUT2D eigenvalue weighted by Crippen LogP contribution is -2.33. The van der Waals surface area contributed by atoms with Crippen molar-refractivity contribution in [2.75, 3.05) is 26.2 Å². The van der Waals surface area contributed by atoms with E-state index in [9.17, 15) is 4.79 Å². The first-order valence-corrected chi connectivity index (χ1v) is 10.8. The maximum atomic E-state index is 12.4. The molecule has 1 amide bonds. The minimum Gasteiger partial charge on any atom is -0.491 e. The fourth-order valence-electron chi connectivity index (χ4n) is 3.97. The predicted octanol–water partition coefficient (Wildman–Crippen LogP) is 4.85. The van der Waals surface area contributed by atoms with Crippen molar-refractivity contribution < 1.29 is 9.53 Å². The molecule has 156 valence electrons. The summed E-state index contributed by atoms with van der Waals surface area (Å²) in [5, 5.41) is 2.95. The van der Waals surface area contributed by atoms with Crippen molar-refractivity contribution in [1.82, 2.24) is 10.2 Å². The van der Waals surface area contributed by atoms with Gasteiger partial charge < -0.3 is 10.1 Å². The Hall–Kier alpha value is -2.33. The molecule has 2 aromatic carbocycles. The van der Waals surface area contributed by atoms with Gasteiger partial charge in [-0.3, -0.25) is 9.69 Å². The molecule has 29 heavy (non-hydrogen) atoms. The van der Waals surface area contributed by atoms with E-state index >= 15 is 0 Å². The minimum atomic E-state index is -0.0520. The average molecular weight is 395 g/mol. The number of carbonyl (C=O) groups is 1. The lowest BCUT2D eigenvalue weighted by Gasteiger charge is -2.30. The molecule has 1 N–H and O–H groups in total. The Labute approximate surface area is 175 Å². The molecule has 1 saturated heterocycles. The fourth-order valence-corrected chi connectivity index (χ4v) is 3.97. The first kappa shape index (κ1) is 21.4. The van der Waals surface area contributed by atoms with Crippen LogP contribution in [0.3, 0.4) is 0 Å². The number of ether oxygens (including phenoxy) is 1. The number of para-hydroxylation sites is 1. The second-order valence-corrected chi connectivity index (χ2v) is 8.48. The van der Waals surface area contributed by atoms with Crippen molar-refractivity contribution >= 4 is 5.91 Å². The van der Waals surface area contributed by atoms with E-state index < -0.39 is 0 Å². The Kier molecular flexibility index (Phi) is 7.70. The molecule has 0 radical (unpaired) electrons. The first-order chi connectivity index (χ1) is 14.0. The summed E-state index contributed by atoms with van der Waals surface area (Å²) in [6, 6.07) is 16.1. The molecular weight excluding hydrogens is 360 g/mol. The number of amides is 1. The van der Waals surface area contributed by atoms with Crippen molar-refractivity contribution in [2.24, 2.45) is 5.92 Å². The molecule has 0 aromatic heterocycles. The minimum absolute atomic E-state index is 0.0520. The highest BCUT2D eigenvalue weighted by Gasteiger charge is 2.16. The first-order valence-electron chi connectivity index (χ1n) is 10.8. The number of nitrogens with one attached hydrogen (secondary N) is 1. The van der Waals surface area contributed by atoms with Crippen LogP contribution in [0.5, 0.6) is 5.75 Å². The normalized spacial score (nSPS) is 17.3. The molecule has 1 aliphatic rings. The second kappa shape index (κ2) is 10.4. The Morgan fingerprint density at radius 1 is 1.17 bits per heavy atom. The number of piperidine rings is 1. The summed E-state index contributed by atoms with van der Waals surface area (Å²) in [4.78, 5) is 14.9. The van der Waals surface area contributed by atoms with E-state index in [2.05, 4.69) is 49.2 Å². The van der Waals surface area contributed by atoms with Crippen LogP contribution in [0.2, 0.25) is 0 Å². The molecule has 2 aromatic rings. The van der Waals surface area contributed by atoms with Crippen molar-refractivity contribution in [3.63, 3.8) is 0 Å². The summed E-state index contributed by atoms with van der Waals surface area (Å²) < 4.78 is 5.88. The lowest BCUT2D eigenvalue weighted by molar-refractivity contribution is 0.0947. The molecule has 0 spiro atoms. The zero-order valence-corrected chi connectivity index (χ0v) is 18.0. The Morgan fingerprint density at radius 2 is 1.93 bits per heavy atom. The molecular formula is C25H34N2O2. The van der Waals surface area contributed by atoms with Gasteiger partial charge in [0.15, 0.2) is 0 Å². The van der Waals surface area contributed by atoms with E-state index in [1.54, 1.807) is 0 Å². The number of benzene rings is 2.